The average Bonchev–Trinajstić information content (AvgIpc) is 3.31. The summed E-state index contributed by atoms with van der Waals surface area (Å²) in [4.78, 5) is 8.17. The normalized spacial score (nSPS) is 25.0. The molecule has 0 saturated carbocycles. The van der Waals surface area contributed by atoms with Crippen LogP contribution in [-0.4, -0.2) is 48.3 Å². The molecule has 0 amide bonds. The molecule has 2 aromatic heterocycles. The van der Waals surface area contributed by atoms with E-state index in [0.29, 0.717) is 11.3 Å². The van der Waals surface area contributed by atoms with Crippen LogP contribution in [0.1, 0.15) is 12.5 Å². The van der Waals surface area contributed by atoms with E-state index < -0.39 is 21.1 Å². The van der Waals surface area contributed by atoms with Gasteiger partial charge in [-0.1, -0.05) is 0 Å². The minimum atomic E-state index is -2.75. The van der Waals surface area contributed by atoms with Gasteiger partial charge in [0.2, 0.25) is 17.6 Å². The van der Waals surface area contributed by atoms with Gasteiger partial charge in [0.05, 0.1) is 21.7 Å². The Kier molecular flexibility index (Phi) is 4.00. The Morgan fingerprint density at radius 2 is 2.11 bits per heavy atom. The van der Waals surface area contributed by atoms with Gasteiger partial charge in [-0.15, -0.1) is 10.2 Å². The van der Waals surface area contributed by atoms with E-state index in [1.165, 1.54) is 35.1 Å². The third-order valence-corrected chi connectivity index (χ3v) is 6.75. The fourth-order valence-electron chi connectivity index (χ4n) is 3.03. The van der Waals surface area contributed by atoms with Crippen LogP contribution in [0, 0.1) is 5.82 Å². The maximum atomic E-state index is 14.7. The predicted molar refractivity (Wildman–Crippen MR) is 102 cm³/mol. The summed E-state index contributed by atoms with van der Waals surface area (Å²) < 4.78 is 39.5. The molecule has 0 aliphatic carbocycles. The van der Waals surface area contributed by atoms with Crippen LogP contribution in [0.25, 0.3) is 23.1 Å². The molecule has 4 rings (SSSR count). The zero-order valence-electron chi connectivity index (χ0n) is 15.1. The molecular formula is C17H17FN6O3S. The highest BCUT2D eigenvalue weighted by Gasteiger charge is 2.39. The third kappa shape index (κ3) is 2.93. The molecule has 0 radical (unpaired) electrons. The minimum absolute atomic E-state index is 0.00468. The molecule has 1 aliphatic rings. The first kappa shape index (κ1) is 18.2. The van der Waals surface area contributed by atoms with Crippen molar-refractivity contribution in [3.63, 3.8) is 0 Å². The Labute approximate surface area is 160 Å². The van der Waals surface area contributed by atoms with E-state index >= 15 is 0 Å². The molecule has 2 atom stereocenters. The Balaban J connectivity index is 1.78. The molecule has 2 N–H and O–H groups in total. The summed E-state index contributed by atoms with van der Waals surface area (Å²) in [6.07, 6.45) is 2.68. The van der Waals surface area contributed by atoms with Gasteiger partial charge in [0.15, 0.2) is 6.39 Å². The molecule has 0 spiro atoms. The van der Waals surface area contributed by atoms with Gasteiger partial charge in [-0.25, -0.2) is 18.6 Å². The number of hydrogen-bond acceptors (Lipinski definition) is 8. The van der Waals surface area contributed by atoms with Gasteiger partial charge in [0, 0.05) is 18.2 Å². The zero-order valence-corrected chi connectivity index (χ0v) is 15.9. The second-order valence-electron chi connectivity index (χ2n) is 6.63. The molecular weight excluding hydrogens is 387 g/mol. The SMILES string of the molecule is C=S1(=O)C[C@@](C)(c2cc(-c3nnc(-c4cnco4)o3)ccc2F)N=C(N)N1C. The van der Waals surface area contributed by atoms with Gasteiger partial charge in [-0.05, 0) is 31.0 Å². The summed E-state index contributed by atoms with van der Waals surface area (Å²) in [6.45, 7) is 1.66. The highest BCUT2D eigenvalue weighted by Crippen LogP contribution is 2.35. The maximum absolute atomic E-state index is 14.7. The first-order chi connectivity index (χ1) is 13.2. The van der Waals surface area contributed by atoms with Crippen molar-refractivity contribution < 1.29 is 17.4 Å². The predicted octanol–water partition coefficient (Wildman–Crippen LogP) is 1.64. The van der Waals surface area contributed by atoms with Gasteiger partial charge in [0.1, 0.15) is 11.4 Å². The Morgan fingerprint density at radius 1 is 1.36 bits per heavy atom. The molecule has 9 nitrogen and oxygen atoms in total. The highest BCUT2D eigenvalue weighted by molar-refractivity contribution is 7.98. The average molecular weight is 404 g/mol. The van der Waals surface area contributed by atoms with Crippen LogP contribution in [0.15, 0.2) is 44.6 Å². The molecule has 28 heavy (non-hydrogen) atoms. The van der Waals surface area contributed by atoms with Crippen LogP contribution in [-0.2, 0) is 15.2 Å². The molecule has 1 aliphatic heterocycles. The minimum Gasteiger partial charge on any atom is -0.438 e. The number of guanidine groups is 1. The van der Waals surface area contributed by atoms with Crippen LogP contribution < -0.4 is 5.73 Å². The van der Waals surface area contributed by atoms with E-state index in [9.17, 15) is 8.60 Å². The smallest absolute Gasteiger partial charge is 0.285 e. The highest BCUT2D eigenvalue weighted by atomic mass is 32.2. The number of aliphatic imine (C=N–C) groups is 1. The number of oxazole rings is 1. The number of rotatable bonds is 3. The van der Waals surface area contributed by atoms with Crippen molar-refractivity contribution in [3.05, 3.63) is 42.2 Å². The molecule has 3 aromatic rings. The van der Waals surface area contributed by atoms with E-state index in [0.717, 1.165) is 0 Å². The second kappa shape index (κ2) is 6.16. The maximum Gasteiger partial charge on any atom is 0.285 e. The van der Waals surface area contributed by atoms with E-state index in [1.54, 1.807) is 14.0 Å². The van der Waals surface area contributed by atoms with Crippen LogP contribution in [0.5, 0.6) is 0 Å². The Bertz CT molecular complexity index is 1170. The lowest BCUT2D eigenvalue weighted by molar-refractivity contribution is 0.481. The number of nitrogens with zero attached hydrogens (tertiary/aromatic N) is 5. The largest absolute Gasteiger partial charge is 0.438 e. The molecule has 0 saturated heterocycles. The monoisotopic (exact) mass is 404 g/mol. The molecule has 146 valence electrons. The van der Waals surface area contributed by atoms with Crippen molar-refractivity contribution in [1.82, 2.24) is 19.5 Å². The van der Waals surface area contributed by atoms with Crippen molar-refractivity contribution in [2.75, 3.05) is 12.8 Å². The van der Waals surface area contributed by atoms with Crippen LogP contribution in [0.2, 0.25) is 0 Å². The van der Waals surface area contributed by atoms with E-state index in [-0.39, 0.29) is 29.1 Å². The van der Waals surface area contributed by atoms with E-state index in [4.69, 9.17) is 14.6 Å². The molecule has 0 bridgehead atoms. The molecule has 11 heteroatoms. The quantitative estimate of drug-likeness (QED) is 0.658. The summed E-state index contributed by atoms with van der Waals surface area (Å²) >= 11 is 0. The number of hydrogen-bond donors (Lipinski definition) is 1. The molecule has 1 aromatic carbocycles. The van der Waals surface area contributed by atoms with Crippen LogP contribution >= 0.6 is 0 Å². The van der Waals surface area contributed by atoms with Crippen molar-refractivity contribution in [2.45, 2.75) is 12.5 Å². The lowest BCUT2D eigenvalue weighted by Crippen LogP contribution is -2.50. The van der Waals surface area contributed by atoms with Crippen LogP contribution in [0.4, 0.5) is 4.39 Å². The summed E-state index contributed by atoms with van der Waals surface area (Å²) in [5, 5.41) is 7.88. The summed E-state index contributed by atoms with van der Waals surface area (Å²) in [5.74, 6) is 3.88. The van der Waals surface area contributed by atoms with E-state index in [2.05, 4.69) is 26.0 Å². The molecule has 0 fully saturated rings. The van der Waals surface area contributed by atoms with Crippen molar-refractivity contribution in [3.8, 4) is 23.1 Å². The second-order valence-corrected chi connectivity index (χ2v) is 9.01. The lowest BCUT2D eigenvalue weighted by Gasteiger charge is -2.37. The van der Waals surface area contributed by atoms with Crippen molar-refractivity contribution >= 4 is 21.5 Å². The summed E-state index contributed by atoms with van der Waals surface area (Å²) in [7, 11) is -1.20. The summed E-state index contributed by atoms with van der Waals surface area (Å²) in [6, 6.07) is 4.30. The summed E-state index contributed by atoms with van der Waals surface area (Å²) in [5.41, 5.74) is 5.41. The van der Waals surface area contributed by atoms with Crippen LogP contribution in [0.3, 0.4) is 0 Å². The Hall–Kier alpha value is -3.21. The molecule has 1 unspecified atom stereocenters. The molecule has 3 heterocycles. The van der Waals surface area contributed by atoms with E-state index in [1.807, 2.05) is 0 Å². The van der Waals surface area contributed by atoms with Crippen molar-refractivity contribution in [1.29, 1.82) is 0 Å². The third-order valence-electron chi connectivity index (χ3n) is 4.55. The number of nitrogens with two attached hydrogens (primary N) is 1. The topological polar surface area (TPSA) is 124 Å². The first-order valence-corrected chi connectivity index (χ1v) is 10.0. The number of benzene rings is 1. The fraction of sp³-hybridized carbons (Fsp3) is 0.235. The van der Waals surface area contributed by atoms with Gasteiger partial charge < -0.3 is 14.6 Å². The zero-order chi connectivity index (χ0) is 20.1. The number of aromatic nitrogens is 3. The van der Waals surface area contributed by atoms with Gasteiger partial charge in [-0.3, -0.25) is 4.31 Å². The van der Waals surface area contributed by atoms with Gasteiger partial charge in [0.25, 0.3) is 5.89 Å². The van der Waals surface area contributed by atoms with Gasteiger partial charge in [-0.2, -0.15) is 0 Å². The Morgan fingerprint density at radius 3 is 2.79 bits per heavy atom. The fourth-order valence-corrected chi connectivity index (χ4v) is 4.71. The lowest BCUT2D eigenvalue weighted by atomic mass is 9.92. The van der Waals surface area contributed by atoms with Crippen molar-refractivity contribution in [2.24, 2.45) is 10.7 Å². The standard InChI is InChI=1S/C17H17FN6O3S/c1-17(8-28(3,25)24(2)16(19)21-17)11-6-10(4-5-12(11)18)14-22-23-15(27-14)13-7-20-9-26-13/h4-7,9H,3,8H2,1-2H3,(H2,19,21)/t17-,28?/m0/s1. The first-order valence-electron chi connectivity index (χ1n) is 8.16. The van der Waals surface area contributed by atoms with Gasteiger partial charge >= 0.3 is 0 Å². The number of halogens is 1.